The topological polar surface area (TPSA) is 102 Å². The number of benzene rings is 1. The van der Waals surface area contributed by atoms with Gasteiger partial charge in [0, 0.05) is 42.6 Å². The molecule has 3 N–H and O–H groups in total. The minimum absolute atomic E-state index is 0.0159. The molecule has 1 saturated heterocycles. The molecule has 0 unspecified atom stereocenters. The molecule has 3 aliphatic rings. The Labute approximate surface area is 238 Å². The lowest BCUT2D eigenvalue weighted by Crippen LogP contribution is -2.44. The second kappa shape index (κ2) is 12.2. The van der Waals surface area contributed by atoms with Crippen molar-refractivity contribution in [3.63, 3.8) is 0 Å². The van der Waals surface area contributed by atoms with Gasteiger partial charge in [0.1, 0.15) is 11.4 Å². The van der Waals surface area contributed by atoms with Gasteiger partial charge in [-0.25, -0.2) is 4.98 Å². The third-order valence-corrected chi connectivity index (χ3v) is 8.39. The first kappa shape index (κ1) is 29.1. The Balaban J connectivity index is 1.29. The van der Waals surface area contributed by atoms with Crippen LogP contribution in [0.2, 0.25) is 0 Å². The van der Waals surface area contributed by atoms with E-state index < -0.39 is 23.7 Å². The molecular weight excluding hydrogens is 535 g/mol. The van der Waals surface area contributed by atoms with Gasteiger partial charge in [-0.1, -0.05) is 12.8 Å². The van der Waals surface area contributed by atoms with Crippen LogP contribution in [0.4, 0.5) is 30.6 Å². The predicted octanol–water partition coefficient (Wildman–Crippen LogP) is 4.65. The zero-order valence-corrected chi connectivity index (χ0v) is 23.5. The maximum Gasteiger partial charge on any atom is 0.421 e. The summed E-state index contributed by atoms with van der Waals surface area (Å²) >= 11 is 0. The first-order valence-corrected chi connectivity index (χ1v) is 14.4. The lowest BCUT2D eigenvalue weighted by atomic mass is 9.83. The molecule has 9 nitrogen and oxygen atoms in total. The van der Waals surface area contributed by atoms with E-state index in [4.69, 9.17) is 0 Å². The molecule has 1 aromatic carbocycles. The molecule has 1 aliphatic heterocycles. The monoisotopic (exact) mass is 573 g/mol. The smallest absolute Gasteiger partial charge is 0.366 e. The molecule has 2 atom stereocenters. The van der Waals surface area contributed by atoms with E-state index in [0.29, 0.717) is 24.1 Å². The number of halogens is 3. The van der Waals surface area contributed by atoms with E-state index in [9.17, 15) is 22.8 Å². The largest absolute Gasteiger partial charge is 0.421 e. The summed E-state index contributed by atoms with van der Waals surface area (Å²) in [7, 11) is 3.89. The van der Waals surface area contributed by atoms with Crippen LogP contribution in [0, 0.1) is 5.92 Å². The van der Waals surface area contributed by atoms with Crippen molar-refractivity contribution in [2.24, 2.45) is 5.92 Å². The Hall–Kier alpha value is -3.41. The van der Waals surface area contributed by atoms with Crippen LogP contribution in [0.1, 0.15) is 67.3 Å². The maximum absolute atomic E-state index is 13.9. The van der Waals surface area contributed by atoms with Crippen LogP contribution in [0.15, 0.2) is 30.5 Å². The number of carbonyl (C=O) groups is 2. The summed E-state index contributed by atoms with van der Waals surface area (Å²) < 4.78 is 41.6. The second-order valence-corrected chi connectivity index (χ2v) is 11.5. The first-order chi connectivity index (χ1) is 19.6. The molecule has 2 saturated carbocycles. The molecule has 2 amide bonds. The Kier molecular flexibility index (Phi) is 8.67. The highest BCUT2D eigenvalue weighted by Crippen LogP contribution is 2.36. The van der Waals surface area contributed by atoms with Gasteiger partial charge in [-0.3, -0.25) is 9.59 Å². The van der Waals surface area contributed by atoms with Gasteiger partial charge in [0.15, 0.2) is 0 Å². The van der Waals surface area contributed by atoms with Gasteiger partial charge in [0.2, 0.25) is 11.9 Å². The summed E-state index contributed by atoms with van der Waals surface area (Å²) in [5, 5.41) is 8.90. The highest BCUT2D eigenvalue weighted by Gasteiger charge is 2.39. The van der Waals surface area contributed by atoms with Crippen molar-refractivity contribution in [1.29, 1.82) is 0 Å². The normalized spacial score (nSPS) is 22.2. The summed E-state index contributed by atoms with van der Waals surface area (Å²) in [5.74, 6) is -0.970. The predicted molar refractivity (Wildman–Crippen MR) is 150 cm³/mol. The maximum atomic E-state index is 13.9. The molecule has 222 valence electrons. The van der Waals surface area contributed by atoms with Crippen LogP contribution in [-0.4, -0.2) is 76.9 Å². The number of anilines is 3. The van der Waals surface area contributed by atoms with Gasteiger partial charge in [0.25, 0.3) is 5.91 Å². The van der Waals surface area contributed by atoms with Crippen LogP contribution in [0.25, 0.3) is 0 Å². The molecule has 2 heterocycles. The van der Waals surface area contributed by atoms with Crippen molar-refractivity contribution < 1.29 is 22.8 Å². The summed E-state index contributed by atoms with van der Waals surface area (Å²) in [6.45, 7) is 1.90. The number of nitrogens with zero attached hydrogens (tertiary/aromatic N) is 4. The van der Waals surface area contributed by atoms with Crippen molar-refractivity contribution in [2.45, 2.75) is 75.7 Å². The van der Waals surface area contributed by atoms with Crippen molar-refractivity contribution in [3.05, 3.63) is 41.6 Å². The van der Waals surface area contributed by atoms with Crippen molar-refractivity contribution in [1.82, 2.24) is 25.1 Å². The van der Waals surface area contributed by atoms with Crippen LogP contribution >= 0.6 is 0 Å². The number of likely N-dealkylation sites (tertiary alicyclic amines) is 1. The zero-order chi connectivity index (χ0) is 29.1. The van der Waals surface area contributed by atoms with E-state index in [0.717, 1.165) is 57.8 Å². The van der Waals surface area contributed by atoms with Gasteiger partial charge in [-0.05, 0) is 82.9 Å². The summed E-state index contributed by atoms with van der Waals surface area (Å²) in [6.07, 6.45) is 2.70. The van der Waals surface area contributed by atoms with Crippen molar-refractivity contribution in [3.8, 4) is 0 Å². The summed E-state index contributed by atoms with van der Waals surface area (Å²) in [4.78, 5) is 38.0. The summed E-state index contributed by atoms with van der Waals surface area (Å²) in [6, 6.07) is 6.65. The lowest BCUT2D eigenvalue weighted by Gasteiger charge is -2.35. The van der Waals surface area contributed by atoms with Gasteiger partial charge in [-0.15, -0.1) is 0 Å². The van der Waals surface area contributed by atoms with Crippen molar-refractivity contribution in [2.75, 3.05) is 37.8 Å². The third kappa shape index (κ3) is 7.27. The SMILES string of the molecule is CN1CCC(N(C)C(=O)c2ccc(Nc3ncc(C(F)(F)F)c(N[C@@H]4CCCC[C@@H]4C(=O)NC4CC4)n3)cc2)CC1. The number of hydrogen-bond acceptors (Lipinski definition) is 7. The van der Waals surface area contributed by atoms with E-state index in [1.54, 1.807) is 29.2 Å². The van der Waals surface area contributed by atoms with E-state index in [-0.39, 0.29) is 35.7 Å². The average molecular weight is 574 g/mol. The van der Waals surface area contributed by atoms with E-state index in [2.05, 4.69) is 37.9 Å². The number of nitrogens with one attached hydrogen (secondary N) is 3. The quantitative estimate of drug-likeness (QED) is 0.422. The van der Waals surface area contributed by atoms with E-state index in [1.807, 2.05) is 7.05 Å². The Morgan fingerprint density at radius 1 is 1.00 bits per heavy atom. The second-order valence-electron chi connectivity index (χ2n) is 11.5. The number of alkyl halides is 3. The molecule has 0 bridgehead atoms. The van der Waals surface area contributed by atoms with E-state index in [1.165, 1.54) is 0 Å². The highest BCUT2D eigenvalue weighted by molar-refractivity contribution is 5.94. The number of piperidine rings is 1. The average Bonchev–Trinajstić information content (AvgIpc) is 3.77. The van der Waals surface area contributed by atoms with Gasteiger partial charge in [0.05, 0.1) is 5.92 Å². The number of carbonyl (C=O) groups excluding carboxylic acids is 2. The molecule has 5 rings (SSSR count). The number of hydrogen-bond donors (Lipinski definition) is 3. The van der Waals surface area contributed by atoms with Crippen molar-refractivity contribution >= 4 is 29.3 Å². The standard InChI is InChI=1S/C29H38F3N7O2/c1-38-15-13-21(14-16-38)39(2)27(41)18-7-9-20(10-8-18)35-28-33-17-23(29(30,31)32)25(37-28)36-24-6-4-3-5-22(24)26(40)34-19-11-12-19/h7-10,17,19,21-22,24H,3-6,11-16H2,1-2H3,(H,34,40)(H2,33,35,36,37)/t22-,24+/m0/s1. The number of rotatable bonds is 8. The molecule has 0 radical (unpaired) electrons. The molecule has 2 aliphatic carbocycles. The lowest BCUT2D eigenvalue weighted by molar-refractivity contribution is -0.137. The fraction of sp³-hybridized carbons (Fsp3) is 0.586. The Morgan fingerprint density at radius 2 is 1.68 bits per heavy atom. The molecular formula is C29H38F3N7O2. The molecule has 12 heteroatoms. The number of aromatic nitrogens is 2. The molecule has 41 heavy (non-hydrogen) atoms. The molecule has 3 fully saturated rings. The fourth-order valence-electron chi connectivity index (χ4n) is 5.67. The highest BCUT2D eigenvalue weighted by atomic mass is 19.4. The minimum atomic E-state index is -4.66. The van der Waals surface area contributed by atoms with Gasteiger partial charge >= 0.3 is 6.18 Å². The summed E-state index contributed by atoms with van der Waals surface area (Å²) in [5.41, 5.74) is 0.0851. The minimum Gasteiger partial charge on any atom is -0.366 e. The first-order valence-electron chi connectivity index (χ1n) is 14.4. The van der Waals surface area contributed by atoms with E-state index >= 15 is 0 Å². The third-order valence-electron chi connectivity index (χ3n) is 8.39. The van der Waals surface area contributed by atoms with Gasteiger partial charge in [-0.2, -0.15) is 18.2 Å². The Morgan fingerprint density at radius 3 is 2.34 bits per heavy atom. The fourth-order valence-corrected chi connectivity index (χ4v) is 5.67. The number of amides is 2. The molecule has 1 aromatic heterocycles. The Bertz CT molecular complexity index is 1230. The van der Waals surface area contributed by atoms with Gasteiger partial charge < -0.3 is 25.8 Å². The molecule has 0 spiro atoms. The molecule has 2 aromatic rings. The van der Waals surface area contributed by atoms with Crippen LogP contribution in [0.3, 0.4) is 0 Å². The van der Waals surface area contributed by atoms with Crippen LogP contribution in [0.5, 0.6) is 0 Å². The van der Waals surface area contributed by atoms with Crippen LogP contribution < -0.4 is 16.0 Å². The van der Waals surface area contributed by atoms with Crippen LogP contribution in [-0.2, 0) is 11.0 Å². The zero-order valence-electron chi connectivity index (χ0n) is 23.5.